The van der Waals surface area contributed by atoms with Gasteiger partial charge in [0.2, 0.25) is 0 Å². The number of hydrogen-bond donors (Lipinski definition) is 2. The predicted molar refractivity (Wildman–Crippen MR) is 150 cm³/mol. The highest BCUT2D eigenvalue weighted by molar-refractivity contribution is 5.94. The first-order valence-electron chi connectivity index (χ1n) is 13.8. The molecule has 2 N–H and O–H groups in total. The van der Waals surface area contributed by atoms with Crippen LogP contribution in [0.3, 0.4) is 0 Å². The van der Waals surface area contributed by atoms with Crippen LogP contribution < -0.4 is 19.9 Å². The second-order valence-electron chi connectivity index (χ2n) is 10.4. The van der Waals surface area contributed by atoms with Gasteiger partial charge in [0.05, 0.1) is 50.0 Å². The molecular formula is C29H33N7O4. The van der Waals surface area contributed by atoms with E-state index < -0.39 is 12.1 Å². The zero-order valence-corrected chi connectivity index (χ0v) is 22.3. The van der Waals surface area contributed by atoms with Gasteiger partial charge >= 0.3 is 12.1 Å². The number of rotatable bonds is 6. The standard InChI is InChI=1S/C29H33N7O4/c30-10-8-22-16-35(13-14-36(22)29(37)38)27-24-9-12-34(26-7-3-5-20-4-1-2-6-23(20)26)17-25(24)32-28(33-27)40-19-21-18-39-15-11-31-21/h1-7,21-22,31H,8-9,11-19H2,(H,37,38)/t21-,22?/m1/s1. The molecule has 6 rings (SSSR count). The fourth-order valence-corrected chi connectivity index (χ4v) is 5.89. The number of ether oxygens (including phenoxy) is 2. The molecule has 208 valence electrons. The van der Waals surface area contributed by atoms with Crippen LogP contribution in [0.15, 0.2) is 42.5 Å². The molecule has 11 nitrogen and oxygen atoms in total. The van der Waals surface area contributed by atoms with Gasteiger partial charge in [-0.1, -0.05) is 36.4 Å². The van der Waals surface area contributed by atoms with E-state index in [2.05, 4.69) is 63.7 Å². The fraction of sp³-hybridized carbons (Fsp3) is 0.448. The number of amides is 1. The monoisotopic (exact) mass is 543 g/mol. The number of morpholine rings is 1. The van der Waals surface area contributed by atoms with Gasteiger partial charge in [0, 0.05) is 49.4 Å². The molecule has 0 bridgehead atoms. The molecular weight excluding hydrogens is 510 g/mol. The molecule has 2 fully saturated rings. The van der Waals surface area contributed by atoms with Gasteiger partial charge in [-0.25, -0.2) is 4.79 Å². The molecule has 1 amide bonds. The summed E-state index contributed by atoms with van der Waals surface area (Å²) in [5, 5.41) is 24.8. The molecule has 40 heavy (non-hydrogen) atoms. The summed E-state index contributed by atoms with van der Waals surface area (Å²) >= 11 is 0. The third kappa shape index (κ3) is 5.33. The normalized spacial score (nSPS) is 21.1. The number of nitrogens with zero attached hydrogens (tertiary/aromatic N) is 6. The molecule has 0 aliphatic carbocycles. The summed E-state index contributed by atoms with van der Waals surface area (Å²) < 4.78 is 11.7. The fourth-order valence-electron chi connectivity index (χ4n) is 5.89. The van der Waals surface area contributed by atoms with Crippen molar-refractivity contribution in [3.05, 3.63) is 53.7 Å². The number of anilines is 2. The number of aromatic nitrogens is 2. The molecule has 0 radical (unpaired) electrons. The molecule has 0 saturated carbocycles. The van der Waals surface area contributed by atoms with Gasteiger partial charge in [-0.2, -0.15) is 15.2 Å². The number of piperazine rings is 1. The van der Waals surface area contributed by atoms with Gasteiger partial charge < -0.3 is 34.6 Å². The van der Waals surface area contributed by atoms with Crippen molar-refractivity contribution in [3.63, 3.8) is 0 Å². The summed E-state index contributed by atoms with van der Waals surface area (Å²) in [7, 11) is 0. The molecule has 2 saturated heterocycles. The smallest absolute Gasteiger partial charge is 0.407 e. The zero-order chi connectivity index (χ0) is 27.5. The average Bonchev–Trinajstić information content (AvgIpc) is 2.99. The van der Waals surface area contributed by atoms with Gasteiger partial charge in [0.15, 0.2) is 0 Å². The maximum Gasteiger partial charge on any atom is 0.407 e. The minimum atomic E-state index is -0.999. The number of fused-ring (bicyclic) bond motifs is 2. The predicted octanol–water partition coefficient (Wildman–Crippen LogP) is 2.64. The molecule has 3 aliphatic heterocycles. The van der Waals surface area contributed by atoms with E-state index in [1.165, 1.54) is 21.4 Å². The van der Waals surface area contributed by atoms with Crippen molar-refractivity contribution in [2.45, 2.75) is 31.5 Å². The third-order valence-electron chi connectivity index (χ3n) is 7.90. The molecule has 2 aromatic carbocycles. The van der Waals surface area contributed by atoms with Gasteiger partial charge in [0.1, 0.15) is 12.4 Å². The van der Waals surface area contributed by atoms with Crippen LogP contribution in [-0.4, -0.2) is 90.7 Å². The first-order chi connectivity index (χ1) is 19.6. The highest BCUT2D eigenvalue weighted by atomic mass is 16.5. The second kappa shape index (κ2) is 11.5. The molecule has 3 aromatic rings. The van der Waals surface area contributed by atoms with Gasteiger partial charge in [-0.05, 0) is 17.9 Å². The van der Waals surface area contributed by atoms with Crippen molar-refractivity contribution >= 4 is 28.4 Å². The molecule has 4 heterocycles. The molecule has 1 aromatic heterocycles. The summed E-state index contributed by atoms with van der Waals surface area (Å²) in [6.45, 7) is 5.02. The van der Waals surface area contributed by atoms with Crippen molar-refractivity contribution < 1.29 is 19.4 Å². The van der Waals surface area contributed by atoms with E-state index in [1.807, 2.05) is 0 Å². The molecule has 0 spiro atoms. The maximum atomic E-state index is 11.8. The van der Waals surface area contributed by atoms with Gasteiger partial charge in [0.25, 0.3) is 0 Å². The van der Waals surface area contributed by atoms with E-state index in [0.29, 0.717) is 52.0 Å². The lowest BCUT2D eigenvalue weighted by atomic mass is 10.0. The lowest BCUT2D eigenvalue weighted by molar-refractivity contribution is 0.0576. The Labute approximate surface area is 232 Å². The first kappa shape index (κ1) is 26.1. The lowest BCUT2D eigenvalue weighted by Crippen LogP contribution is -2.55. The van der Waals surface area contributed by atoms with E-state index in [0.717, 1.165) is 36.6 Å². The minimum absolute atomic E-state index is 0.0585. The maximum absolute atomic E-state index is 11.8. The molecule has 2 atom stereocenters. The Hall–Kier alpha value is -4.14. The summed E-state index contributed by atoms with van der Waals surface area (Å²) in [5.74, 6) is 0.776. The van der Waals surface area contributed by atoms with Gasteiger partial charge in [-0.3, -0.25) is 0 Å². The van der Waals surface area contributed by atoms with E-state index >= 15 is 0 Å². The Morgan fingerprint density at radius 3 is 2.85 bits per heavy atom. The highest BCUT2D eigenvalue weighted by Crippen LogP contribution is 2.34. The lowest BCUT2D eigenvalue weighted by Gasteiger charge is -2.41. The topological polar surface area (TPSA) is 127 Å². The number of nitriles is 1. The molecule has 1 unspecified atom stereocenters. The number of nitrogens with one attached hydrogen (secondary N) is 1. The van der Waals surface area contributed by atoms with Crippen LogP contribution in [0.1, 0.15) is 17.7 Å². The van der Waals surface area contributed by atoms with Crippen LogP contribution in [0.25, 0.3) is 10.8 Å². The Morgan fingerprint density at radius 2 is 2.02 bits per heavy atom. The SMILES string of the molecule is N#CCC1CN(c2nc(OC[C@H]3COCCN3)nc3c2CCN(c2cccc4ccccc24)C3)CCN1C(=O)O. The highest BCUT2D eigenvalue weighted by Gasteiger charge is 2.34. The van der Waals surface area contributed by atoms with E-state index in [-0.39, 0.29) is 12.5 Å². The van der Waals surface area contributed by atoms with Crippen LogP contribution in [0.4, 0.5) is 16.3 Å². The van der Waals surface area contributed by atoms with E-state index in [9.17, 15) is 15.2 Å². The quantitative estimate of drug-likeness (QED) is 0.479. The van der Waals surface area contributed by atoms with Crippen molar-refractivity contribution in [3.8, 4) is 12.1 Å². The summed E-state index contributed by atoms with van der Waals surface area (Å²) in [4.78, 5) is 27.4. The molecule has 3 aliphatic rings. The zero-order valence-electron chi connectivity index (χ0n) is 22.3. The summed E-state index contributed by atoms with van der Waals surface area (Å²) in [6.07, 6.45) is -0.128. The van der Waals surface area contributed by atoms with E-state index in [1.54, 1.807) is 0 Å². The Morgan fingerprint density at radius 1 is 1.15 bits per heavy atom. The average molecular weight is 544 g/mol. The Kier molecular flexibility index (Phi) is 7.53. The molecule has 11 heteroatoms. The summed E-state index contributed by atoms with van der Waals surface area (Å²) in [5.41, 5.74) is 3.13. The summed E-state index contributed by atoms with van der Waals surface area (Å²) in [6, 6.07) is 16.8. The number of carbonyl (C=O) groups is 1. The largest absolute Gasteiger partial charge is 0.465 e. The number of hydrogen-bond acceptors (Lipinski definition) is 9. The van der Waals surface area contributed by atoms with Crippen LogP contribution in [0.2, 0.25) is 0 Å². The van der Waals surface area contributed by atoms with Crippen LogP contribution >= 0.6 is 0 Å². The van der Waals surface area contributed by atoms with Crippen molar-refractivity contribution in [1.82, 2.24) is 20.2 Å². The first-order valence-corrected chi connectivity index (χ1v) is 13.8. The minimum Gasteiger partial charge on any atom is -0.465 e. The second-order valence-corrected chi connectivity index (χ2v) is 10.4. The van der Waals surface area contributed by atoms with Crippen LogP contribution in [-0.2, 0) is 17.7 Å². The third-order valence-corrected chi connectivity index (χ3v) is 7.90. The van der Waals surface area contributed by atoms with Crippen LogP contribution in [0.5, 0.6) is 6.01 Å². The van der Waals surface area contributed by atoms with Crippen molar-refractivity contribution in [1.29, 1.82) is 5.26 Å². The van der Waals surface area contributed by atoms with E-state index in [4.69, 9.17) is 19.4 Å². The van der Waals surface area contributed by atoms with Crippen molar-refractivity contribution in [2.24, 2.45) is 0 Å². The van der Waals surface area contributed by atoms with Gasteiger partial charge in [-0.15, -0.1) is 0 Å². The number of benzene rings is 2. The number of carboxylic acid groups (broad SMARTS) is 1. The van der Waals surface area contributed by atoms with Crippen molar-refractivity contribution in [2.75, 3.05) is 62.3 Å². The Balaban J connectivity index is 1.32. The Bertz CT molecular complexity index is 1420. The van der Waals surface area contributed by atoms with Crippen LogP contribution in [0, 0.1) is 11.3 Å².